The molecule has 0 spiro atoms. The van der Waals surface area contributed by atoms with Crippen LogP contribution in [0.3, 0.4) is 0 Å². The van der Waals surface area contributed by atoms with Gasteiger partial charge in [-0.2, -0.15) is 0 Å². The largest absolute Gasteiger partial charge is 0.497 e. The molecule has 2 aromatic rings. The Hall–Kier alpha value is -2.69. The quantitative estimate of drug-likeness (QED) is 0.784. The van der Waals surface area contributed by atoms with E-state index in [1.54, 1.807) is 33.3 Å². The Labute approximate surface area is 142 Å². The molecule has 0 heterocycles. The molecule has 0 N–H and O–H groups in total. The van der Waals surface area contributed by atoms with Crippen LogP contribution < -0.4 is 14.2 Å². The first-order valence-electron chi connectivity index (χ1n) is 7.65. The molecule has 0 bridgehead atoms. The Morgan fingerprint density at radius 3 is 2.42 bits per heavy atom. The van der Waals surface area contributed by atoms with E-state index in [1.165, 1.54) is 0 Å². The lowest BCUT2D eigenvalue weighted by molar-refractivity contribution is -0.129. The highest BCUT2D eigenvalue weighted by atomic mass is 16.5. The van der Waals surface area contributed by atoms with E-state index in [2.05, 4.69) is 0 Å². The van der Waals surface area contributed by atoms with Crippen LogP contribution in [0.1, 0.15) is 11.1 Å². The van der Waals surface area contributed by atoms with Crippen molar-refractivity contribution >= 4 is 5.91 Å². The summed E-state index contributed by atoms with van der Waals surface area (Å²) in [5, 5.41) is 0. The molecule has 0 aliphatic rings. The second kappa shape index (κ2) is 8.24. The Morgan fingerprint density at radius 2 is 1.75 bits per heavy atom. The molecule has 0 aliphatic heterocycles. The molecule has 5 nitrogen and oxygen atoms in total. The van der Waals surface area contributed by atoms with E-state index >= 15 is 0 Å². The molecule has 0 radical (unpaired) electrons. The Balaban J connectivity index is 2.09. The minimum absolute atomic E-state index is 0.0214. The molecule has 5 heteroatoms. The number of amides is 1. The number of ether oxygens (including phenoxy) is 3. The van der Waals surface area contributed by atoms with Crippen molar-refractivity contribution in [3.05, 3.63) is 53.6 Å². The molecular formula is C19H23NO4. The summed E-state index contributed by atoms with van der Waals surface area (Å²) in [6, 6.07) is 13.2. The van der Waals surface area contributed by atoms with Crippen LogP contribution >= 0.6 is 0 Å². The van der Waals surface area contributed by atoms with Gasteiger partial charge in [-0.05, 0) is 23.8 Å². The van der Waals surface area contributed by atoms with Crippen molar-refractivity contribution < 1.29 is 19.0 Å². The molecule has 0 aromatic heterocycles. The number of carbonyl (C=O) groups is 1. The molecule has 1 amide bonds. The van der Waals surface area contributed by atoms with Crippen LogP contribution in [0.25, 0.3) is 0 Å². The summed E-state index contributed by atoms with van der Waals surface area (Å²) in [5.74, 6) is 2.08. The van der Waals surface area contributed by atoms with Crippen LogP contribution in [0.5, 0.6) is 17.2 Å². The smallest absolute Gasteiger partial charge is 0.227 e. The van der Waals surface area contributed by atoms with Crippen molar-refractivity contribution in [1.29, 1.82) is 0 Å². The van der Waals surface area contributed by atoms with Gasteiger partial charge in [0, 0.05) is 19.2 Å². The normalized spacial score (nSPS) is 10.2. The van der Waals surface area contributed by atoms with E-state index in [1.807, 2.05) is 42.5 Å². The van der Waals surface area contributed by atoms with Crippen LogP contribution in [-0.4, -0.2) is 39.2 Å². The molecule has 0 fully saturated rings. The van der Waals surface area contributed by atoms with Gasteiger partial charge in [-0.3, -0.25) is 4.79 Å². The highest BCUT2D eigenvalue weighted by Crippen LogP contribution is 2.31. The summed E-state index contributed by atoms with van der Waals surface area (Å²) < 4.78 is 15.9. The minimum atomic E-state index is 0.0214. The number of methoxy groups -OCH3 is 3. The van der Waals surface area contributed by atoms with E-state index < -0.39 is 0 Å². The fourth-order valence-electron chi connectivity index (χ4n) is 2.51. The van der Waals surface area contributed by atoms with Gasteiger partial charge in [0.1, 0.15) is 5.75 Å². The topological polar surface area (TPSA) is 48.0 Å². The molecule has 128 valence electrons. The number of para-hydroxylation sites is 1. The Morgan fingerprint density at radius 1 is 1.00 bits per heavy atom. The monoisotopic (exact) mass is 329 g/mol. The van der Waals surface area contributed by atoms with Crippen LogP contribution in [0.2, 0.25) is 0 Å². The number of rotatable bonds is 7. The minimum Gasteiger partial charge on any atom is -0.497 e. The average molecular weight is 329 g/mol. The van der Waals surface area contributed by atoms with Crippen molar-refractivity contribution in [2.75, 3.05) is 28.4 Å². The number of carbonyl (C=O) groups excluding carboxylic acids is 1. The van der Waals surface area contributed by atoms with E-state index in [0.717, 1.165) is 16.9 Å². The van der Waals surface area contributed by atoms with Crippen molar-refractivity contribution in [3.63, 3.8) is 0 Å². The summed E-state index contributed by atoms with van der Waals surface area (Å²) in [6.45, 7) is 0.448. The van der Waals surface area contributed by atoms with Gasteiger partial charge < -0.3 is 19.1 Å². The molecular weight excluding hydrogens is 306 g/mol. The third-order valence-corrected chi connectivity index (χ3v) is 3.81. The van der Waals surface area contributed by atoms with Gasteiger partial charge in [0.2, 0.25) is 5.91 Å². The van der Waals surface area contributed by atoms with Gasteiger partial charge in [0.05, 0.1) is 27.8 Å². The highest BCUT2D eigenvalue weighted by Gasteiger charge is 2.15. The lowest BCUT2D eigenvalue weighted by Crippen LogP contribution is -2.28. The summed E-state index contributed by atoms with van der Waals surface area (Å²) in [7, 11) is 6.59. The first-order valence-corrected chi connectivity index (χ1v) is 7.65. The Bertz CT molecular complexity index is 700. The van der Waals surface area contributed by atoms with Crippen molar-refractivity contribution in [1.82, 2.24) is 4.90 Å². The fraction of sp³-hybridized carbons (Fsp3) is 0.316. The van der Waals surface area contributed by atoms with Gasteiger partial charge in [0.15, 0.2) is 11.5 Å². The van der Waals surface area contributed by atoms with Crippen LogP contribution in [0, 0.1) is 0 Å². The maximum Gasteiger partial charge on any atom is 0.227 e. The zero-order chi connectivity index (χ0) is 17.5. The molecule has 24 heavy (non-hydrogen) atoms. The zero-order valence-electron chi connectivity index (χ0n) is 14.5. The van der Waals surface area contributed by atoms with Gasteiger partial charge in [-0.25, -0.2) is 0 Å². The van der Waals surface area contributed by atoms with Crippen molar-refractivity contribution in [3.8, 4) is 17.2 Å². The van der Waals surface area contributed by atoms with E-state index in [0.29, 0.717) is 24.5 Å². The third-order valence-electron chi connectivity index (χ3n) is 3.81. The molecule has 0 unspecified atom stereocenters. The van der Waals surface area contributed by atoms with E-state index in [-0.39, 0.29) is 5.91 Å². The van der Waals surface area contributed by atoms with Gasteiger partial charge >= 0.3 is 0 Å². The molecule has 0 saturated carbocycles. The second-order valence-electron chi connectivity index (χ2n) is 5.43. The summed E-state index contributed by atoms with van der Waals surface area (Å²) in [5.41, 5.74) is 1.82. The van der Waals surface area contributed by atoms with Gasteiger partial charge in [-0.15, -0.1) is 0 Å². The standard InChI is InChI=1S/C19H23NO4/c1-20(13-15-8-6-10-17(23-3)19(15)24-4)18(21)12-14-7-5-9-16(11-14)22-2/h5-11H,12-13H2,1-4H3. The molecule has 0 atom stereocenters. The van der Waals surface area contributed by atoms with E-state index in [4.69, 9.17) is 14.2 Å². The predicted octanol–water partition coefficient (Wildman–Crippen LogP) is 2.91. The van der Waals surface area contributed by atoms with Gasteiger partial charge in [0.25, 0.3) is 0 Å². The average Bonchev–Trinajstić information content (AvgIpc) is 2.61. The molecule has 0 saturated heterocycles. The number of likely N-dealkylation sites (N-methyl/N-ethyl adjacent to an activating group) is 1. The van der Waals surface area contributed by atoms with E-state index in [9.17, 15) is 4.79 Å². The van der Waals surface area contributed by atoms with Gasteiger partial charge in [-0.1, -0.05) is 24.3 Å². The molecule has 2 rings (SSSR count). The number of hydrogen-bond donors (Lipinski definition) is 0. The zero-order valence-corrected chi connectivity index (χ0v) is 14.5. The Kier molecular flexibility index (Phi) is 6.07. The number of nitrogens with zero attached hydrogens (tertiary/aromatic N) is 1. The number of benzene rings is 2. The second-order valence-corrected chi connectivity index (χ2v) is 5.43. The van der Waals surface area contributed by atoms with Crippen LogP contribution in [-0.2, 0) is 17.8 Å². The SMILES string of the molecule is COc1cccc(CC(=O)N(C)Cc2cccc(OC)c2OC)c1. The summed E-state index contributed by atoms with van der Waals surface area (Å²) >= 11 is 0. The first kappa shape index (κ1) is 17.7. The van der Waals surface area contributed by atoms with Crippen molar-refractivity contribution in [2.45, 2.75) is 13.0 Å². The lowest BCUT2D eigenvalue weighted by atomic mass is 10.1. The summed E-state index contributed by atoms with van der Waals surface area (Å²) in [4.78, 5) is 14.2. The van der Waals surface area contributed by atoms with Crippen LogP contribution in [0.15, 0.2) is 42.5 Å². The highest BCUT2D eigenvalue weighted by molar-refractivity contribution is 5.78. The lowest BCUT2D eigenvalue weighted by Gasteiger charge is -2.20. The maximum absolute atomic E-state index is 12.5. The fourth-order valence-corrected chi connectivity index (χ4v) is 2.51. The van der Waals surface area contributed by atoms with Crippen LogP contribution in [0.4, 0.5) is 0 Å². The predicted molar refractivity (Wildman–Crippen MR) is 92.7 cm³/mol. The molecule has 0 aliphatic carbocycles. The van der Waals surface area contributed by atoms with Crippen molar-refractivity contribution in [2.24, 2.45) is 0 Å². The first-order chi connectivity index (χ1) is 11.6. The number of hydrogen-bond acceptors (Lipinski definition) is 4. The maximum atomic E-state index is 12.5. The third kappa shape index (κ3) is 4.19. The summed E-state index contributed by atoms with van der Waals surface area (Å²) in [6.07, 6.45) is 0.319. The molecule has 2 aromatic carbocycles.